The van der Waals surface area contributed by atoms with Gasteiger partial charge >= 0.3 is 0 Å². The van der Waals surface area contributed by atoms with E-state index in [-0.39, 0.29) is 0 Å². The Kier molecular flexibility index (Phi) is 4.42. The largest absolute Gasteiger partial charge is 0.379 e. The van der Waals surface area contributed by atoms with Gasteiger partial charge in [0.2, 0.25) is 0 Å². The van der Waals surface area contributed by atoms with Crippen molar-refractivity contribution in [3.8, 4) is 0 Å². The predicted molar refractivity (Wildman–Crippen MR) is 70.8 cm³/mol. The van der Waals surface area contributed by atoms with Crippen LogP contribution >= 0.6 is 23.2 Å². The van der Waals surface area contributed by atoms with Gasteiger partial charge in [-0.05, 0) is 32.9 Å². The average molecular weight is 275 g/mol. The molecule has 1 unspecified atom stereocenters. The summed E-state index contributed by atoms with van der Waals surface area (Å²) in [5, 5.41) is 11.5. The minimum absolute atomic E-state index is 0.311. The zero-order valence-electron chi connectivity index (χ0n) is 9.79. The molecule has 2 rings (SSSR count). The van der Waals surface area contributed by atoms with Gasteiger partial charge in [-0.3, -0.25) is 0 Å². The molecule has 94 valence electrons. The van der Waals surface area contributed by atoms with Crippen molar-refractivity contribution < 1.29 is 0 Å². The standard InChI is InChI=1S/C11H16Cl2N4/c1-8(7-17-4-2-3-5-17)14-9-6-10(12)15-16-11(9)13/h6,8H,2-5,7H2,1H3,(H,14,15). The fourth-order valence-electron chi connectivity index (χ4n) is 2.12. The molecule has 1 saturated heterocycles. The average Bonchev–Trinajstić information content (AvgIpc) is 2.76. The van der Waals surface area contributed by atoms with E-state index >= 15 is 0 Å². The lowest BCUT2D eigenvalue weighted by Gasteiger charge is -2.22. The number of anilines is 1. The van der Waals surface area contributed by atoms with Gasteiger partial charge in [0.25, 0.3) is 0 Å². The first-order valence-electron chi connectivity index (χ1n) is 5.83. The van der Waals surface area contributed by atoms with Crippen molar-refractivity contribution in [2.24, 2.45) is 0 Å². The Morgan fingerprint density at radius 2 is 2.06 bits per heavy atom. The normalized spacial score (nSPS) is 18.3. The summed E-state index contributed by atoms with van der Waals surface area (Å²) in [5.41, 5.74) is 0.748. The van der Waals surface area contributed by atoms with Crippen molar-refractivity contribution in [2.75, 3.05) is 25.0 Å². The van der Waals surface area contributed by atoms with Gasteiger partial charge in [0.1, 0.15) is 0 Å². The predicted octanol–water partition coefficient (Wildman–Crippen LogP) is 2.68. The molecular weight excluding hydrogens is 259 g/mol. The maximum absolute atomic E-state index is 5.95. The third kappa shape index (κ3) is 3.69. The number of nitrogens with zero attached hydrogens (tertiary/aromatic N) is 3. The molecule has 6 heteroatoms. The maximum Gasteiger partial charge on any atom is 0.174 e. The fraction of sp³-hybridized carbons (Fsp3) is 0.636. The topological polar surface area (TPSA) is 41.0 Å². The van der Waals surface area contributed by atoms with Crippen LogP contribution in [-0.4, -0.2) is 40.8 Å². The molecule has 1 aliphatic rings. The molecular formula is C11H16Cl2N4. The van der Waals surface area contributed by atoms with E-state index < -0.39 is 0 Å². The summed E-state index contributed by atoms with van der Waals surface area (Å²) in [6, 6.07) is 2.02. The first kappa shape index (κ1) is 12.9. The van der Waals surface area contributed by atoms with Crippen LogP contribution in [0.5, 0.6) is 0 Å². The lowest BCUT2D eigenvalue weighted by atomic mass is 10.3. The molecule has 1 fully saturated rings. The van der Waals surface area contributed by atoms with E-state index in [2.05, 4.69) is 27.3 Å². The number of hydrogen-bond donors (Lipinski definition) is 1. The molecule has 1 aliphatic heterocycles. The fourth-order valence-corrected chi connectivity index (χ4v) is 2.41. The van der Waals surface area contributed by atoms with E-state index in [1.165, 1.54) is 25.9 Å². The second kappa shape index (κ2) is 5.85. The molecule has 17 heavy (non-hydrogen) atoms. The van der Waals surface area contributed by atoms with E-state index in [0.717, 1.165) is 12.2 Å². The number of hydrogen-bond acceptors (Lipinski definition) is 4. The Labute approximate surface area is 111 Å². The summed E-state index contributed by atoms with van der Waals surface area (Å²) in [6.07, 6.45) is 2.60. The summed E-state index contributed by atoms with van der Waals surface area (Å²) in [4.78, 5) is 2.45. The van der Waals surface area contributed by atoms with Gasteiger partial charge < -0.3 is 10.2 Å². The van der Waals surface area contributed by atoms with Crippen molar-refractivity contribution in [1.82, 2.24) is 15.1 Å². The van der Waals surface area contributed by atoms with Crippen LogP contribution in [0.4, 0.5) is 5.69 Å². The monoisotopic (exact) mass is 274 g/mol. The van der Waals surface area contributed by atoms with E-state index in [4.69, 9.17) is 23.2 Å². The molecule has 2 heterocycles. The highest BCUT2D eigenvalue weighted by molar-refractivity contribution is 6.33. The van der Waals surface area contributed by atoms with Crippen LogP contribution in [0.3, 0.4) is 0 Å². The number of likely N-dealkylation sites (tertiary alicyclic amines) is 1. The van der Waals surface area contributed by atoms with E-state index in [1.54, 1.807) is 6.07 Å². The highest BCUT2D eigenvalue weighted by atomic mass is 35.5. The molecule has 0 amide bonds. The van der Waals surface area contributed by atoms with Crippen LogP contribution in [-0.2, 0) is 0 Å². The van der Waals surface area contributed by atoms with Gasteiger partial charge in [-0.15, -0.1) is 10.2 Å². The highest BCUT2D eigenvalue weighted by Crippen LogP contribution is 2.21. The van der Waals surface area contributed by atoms with E-state index in [9.17, 15) is 0 Å². The molecule has 1 N–H and O–H groups in total. The van der Waals surface area contributed by atoms with Crippen molar-refractivity contribution >= 4 is 28.9 Å². The minimum atomic E-state index is 0.311. The molecule has 0 bridgehead atoms. The number of halogens is 2. The Morgan fingerprint density at radius 1 is 1.35 bits per heavy atom. The SMILES string of the molecule is CC(CN1CCCC1)Nc1cc(Cl)nnc1Cl. The molecule has 1 aromatic rings. The minimum Gasteiger partial charge on any atom is -0.379 e. The zero-order valence-corrected chi connectivity index (χ0v) is 11.3. The lowest BCUT2D eigenvalue weighted by Crippen LogP contribution is -2.33. The molecule has 0 saturated carbocycles. The number of nitrogens with one attached hydrogen (secondary N) is 1. The third-order valence-electron chi connectivity index (χ3n) is 2.85. The second-order valence-corrected chi connectivity index (χ2v) is 5.17. The first-order valence-corrected chi connectivity index (χ1v) is 6.58. The first-order chi connectivity index (χ1) is 8.15. The van der Waals surface area contributed by atoms with Gasteiger partial charge in [-0.2, -0.15) is 0 Å². The van der Waals surface area contributed by atoms with Crippen LogP contribution < -0.4 is 5.32 Å². The molecule has 1 atom stereocenters. The third-order valence-corrected chi connectivity index (χ3v) is 3.32. The van der Waals surface area contributed by atoms with Gasteiger partial charge in [-0.1, -0.05) is 23.2 Å². The molecule has 0 aromatic carbocycles. The van der Waals surface area contributed by atoms with Crippen molar-refractivity contribution in [1.29, 1.82) is 0 Å². The molecule has 0 aliphatic carbocycles. The number of aromatic nitrogens is 2. The maximum atomic E-state index is 5.95. The van der Waals surface area contributed by atoms with Crippen molar-refractivity contribution in [2.45, 2.75) is 25.8 Å². The van der Waals surface area contributed by atoms with Crippen molar-refractivity contribution in [3.05, 3.63) is 16.4 Å². The summed E-state index contributed by atoms with van der Waals surface area (Å²) in [6.45, 7) is 5.52. The van der Waals surface area contributed by atoms with Gasteiger partial charge in [0.15, 0.2) is 10.3 Å². The van der Waals surface area contributed by atoms with Crippen LogP contribution in [0.25, 0.3) is 0 Å². The van der Waals surface area contributed by atoms with Crippen LogP contribution in [0.15, 0.2) is 6.07 Å². The smallest absolute Gasteiger partial charge is 0.174 e. The Morgan fingerprint density at radius 3 is 2.76 bits per heavy atom. The summed E-state index contributed by atoms with van der Waals surface area (Å²) < 4.78 is 0. The Hall–Kier alpha value is -0.580. The Balaban J connectivity index is 1.92. The lowest BCUT2D eigenvalue weighted by molar-refractivity contribution is 0.328. The molecule has 0 radical (unpaired) electrons. The second-order valence-electron chi connectivity index (χ2n) is 4.42. The molecule has 0 spiro atoms. The van der Waals surface area contributed by atoms with Crippen LogP contribution in [0.2, 0.25) is 10.3 Å². The number of rotatable bonds is 4. The van der Waals surface area contributed by atoms with Crippen molar-refractivity contribution in [3.63, 3.8) is 0 Å². The summed E-state index contributed by atoms with van der Waals surface area (Å²) in [5.74, 6) is 0. The quantitative estimate of drug-likeness (QED) is 0.917. The zero-order chi connectivity index (χ0) is 12.3. The summed E-state index contributed by atoms with van der Waals surface area (Å²) in [7, 11) is 0. The van der Waals surface area contributed by atoms with Gasteiger partial charge in [-0.25, -0.2) is 0 Å². The van der Waals surface area contributed by atoms with Gasteiger partial charge in [0, 0.05) is 18.7 Å². The Bertz CT molecular complexity index is 380. The van der Waals surface area contributed by atoms with Crippen LogP contribution in [0, 0.1) is 0 Å². The van der Waals surface area contributed by atoms with Gasteiger partial charge in [0.05, 0.1) is 5.69 Å². The van der Waals surface area contributed by atoms with E-state index in [1.807, 2.05) is 0 Å². The molecule has 1 aromatic heterocycles. The van der Waals surface area contributed by atoms with E-state index in [0.29, 0.717) is 16.3 Å². The van der Waals surface area contributed by atoms with Crippen LogP contribution in [0.1, 0.15) is 19.8 Å². The highest BCUT2D eigenvalue weighted by Gasteiger charge is 2.15. The summed E-state index contributed by atoms with van der Waals surface area (Å²) >= 11 is 11.7. The molecule has 4 nitrogen and oxygen atoms in total.